The van der Waals surface area contributed by atoms with E-state index < -0.39 is 0 Å². The molecule has 0 saturated carbocycles. The average Bonchev–Trinajstić information content (AvgIpc) is 3.22. The summed E-state index contributed by atoms with van der Waals surface area (Å²) in [6.45, 7) is 3.53. The summed E-state index contributed by atoms with van der Waals surface area (Å²) in [5, 5.41) is 0. The van der Waals surface area contributed by atoms with Crippen LogP contribution in [0.15, 0.2) is 30.5 Å². The van der Waals surface area contributed by atoms with Crippen molar-refractivity contribution in [3.8, 4) is 11.5 Å². The van der Waals surface area contributed by atoms with E-state index in [0.29, 0.717) is 23.6 Å². The molecule has 1 saturated heterocycles. The summed E-state index contributed by atoms with van der Waals surface area (Å²) < 4.78 is 10.6. The van der Waals surface area contributed by atoms with Crippen molar-refractivity contribution in [3.63, 3.8) is 0 Å². The predicted molar refractivity (Wildman–Crippen MR) is 82.6 cm³/mol. The first kappa shape index (κ1) is 14.0. The molecule has 4 rings (SSSR count). The molecule has 3 heterocycles. The molecule has 1 atom stereocenters. The van der Waals surface area contributed by atoms with Crippen molar-refractivity contribution in [1.82, 2.24) is 14.9 Å². The van der Waals surface area contributed by atoms with Gasteiger partial charge in [-0.2, -0.15) is 0 Å². The monoisotopic (exact) mass is 311 g/mol. The molecule has 1 aromatic heterocycles. The number of amides is 1. The lowest BCUT2D eigenvalue weighted by Gasteiger charge is -2.16. The van der Waals surface area contributed by atoms with E-state index in [1.165, 1.54) is 0 Å². The summed E-state index contributed by atoms with van der Waals surface area (Å²) in [4.78, 5) is 23.4. The van der Waals surface area contributed by atoms with E-state index in [1.807, 2.05) is 17.9 Å². The minimum absolute atomic E-state index is 0.0125. The lowest BCUT2D eigenvalue weighted by molar-refractivity contribution is 0.0790. The number of ether oxygens (including phenoxy) is 2. The molecule has 1 aromatic carbocycles. The summed E-state index contributed by atoms with van der Waals surface area (Å²) >= 11 is 0. The SMILES string of the molecule is Cc1ccnc(C2CCN(C(=O)c3ccc4c(c3)OCO4)C2)n1. The van der Waals surface area contributed by atoms with E-state index in [0.717, 1.165) is 24.5 Å². The van der Waals surface area contributed by atoms with E-state index in [9.17, 15) is 4.79 Å². The molecule has 0 N–H and O–H groups in total. The van der Waals surface area contributed by atoms with Crippen LogP contribution in [0.25, 0.3) is 0 Å². The van der Waals surface area contributed by atoms with Gasteiger partial charge in [0.25, 0.3) is 5.91 Å². The van der Waals surface area contributed by atoms with Gasteiger partial charge in [-0.25, -0.2) is 9.97 Å². The molecular formula is C17H17N3O3. The molecule has 0 aliphatic carbocycles. The van der Waals surface area contributed by atoms with Gasteiger partial charge in [0.05, 0.1) is 0 Å². The van der Waals surface area contributed by atoms with Gasteiger partial charge in [-0.15, -0.1) is 0 Å². The third kappa shape index (κ3) is 2.60. The Morgan fingerprint density at radius 2 is 2.13 bits per heavy atom. The topological polar surface area (TPSA) is 64.6 Å². The maximum atomic E-state index is 12.7. The highest BCUT2D eigenvalue weighted by Gasteiger charge is 2.30. The van der Waals surface area contributed by atoms with Crippen LogP contribution < -0.4 is 9.47 Å². The Morgan fingerprint density at radius 1 is 1.26 bits per heavy atom. The van der Waals surface area contributed by atoms with Gasteiger partial charge in [0, 0.05) is 36.5 Å². The van der Waals surface area contributed by atoms with Crippen molar-refractivity contribution in [2.75, 3.05) is 19.9 Å². The quantitative estimate of drug-likeness (QED) is 0.850. The van der Waals surface area contributed by atoms with Crippen LogP contribution >= 0.6 is 0 Å². The Bertz CT molecular complexity index is 762. The molecule has 23 heavy (non-hydrogen) atoms. The van der Waals surface area contributed by atoms with Crippen molar-refractivity contribution < 1.29 is 14.3 Å². The average molecular weight is 311 g/mol. The molecule has 6 nitrogen and oxygen atoms in total. The summed E-state index contributed by atoms with van der Waals surface area (Å²) in [5.41, 5.74) is 1.58. The lowest BCUT2D eigenvalue weighted by atomic mass is 10.1. The molecule has 118 valence electrons. The van der Waals surface area contributed by atoms with Gasteiger partial charge >= 0.3 is 0 Å². The number of aromatic nitrogens is 2. The van der Waals surface area contributed by atoms with Gasteiger partial charge in [0.15, 0.2) is 11.5 Å². The first-order chi connectivity index (χ1) is 11.2. The first-order valence-electron chi connectivity index (χ1n) is 7.69. The zero-order valence-electron chi connectivity index (χ0n) is 12.9. The fourth-order valence-corrected chi connectivity index (χ4v) is 3.03. The molecule has 1 unspecified atom stereocenters. The molecule has 0 spiro atoms. The Balaban J connectivity index is 1.50. The van der Waals surface area contributed by atoms with Crippen LogP contribution in [0, 0.1) is 6.92 Å². The number of likely N-dealkylation sites (tertiary alicyclic amines) is 1. The second-order valence-corrected chi connectivity index (χ2v) is 5.86. The van der Waals surface area contributed by atoms with Crippen molar-refractivity contribution in [1.29, 1.82) is 0 Å². The minimum atomic E-state index is 0.0125. The standard InChI is InChI=1S/C17H17N3O3/c1-11-4-6-18-16(19-11)13-5-7-20(9-13)17(21)12-2-3-14-15(8-12)23-10-22-14/h2-4,6,8,13H,5,7,9-10H2,1H3. The lowest BCUT2D eigenvalue weighted by Crippen LogP contribution is -2.28. The zero-order valence-corrected chi connectivity index (χ0v) is 12.9. The van der Waals surface area contributed by atoms with Crippen LogP contribution in [-0.4, -0.2) is 40.7 Å². The number of nitrogens with zero attached hydrogens (tertiary/aromatic N) is 3. The van der Waals surface area contributed by atoms with Crippen LogP contribution in [0.2, 0.25) is 0 Å². The van der Waals surface area contributed by atoms with Gasteiger partial charge in [-0.05, 0) is 37.6 Å². The second kappa shape index (κ2) is 5.53. The van der Waals surface area contributed by atoms with Crippen molar-refractivity contribution >= 4 is 5.91 Å². The number of fused-ring (bicyclic) bond motifs is 1. The minimum Gasteiger partial charge on any atom is -0.454 e. The van der Waals surface area contributed by atoms with Crippen molar-refractivity contribution in [3.05, 3.63) is 47.5 Å². The van der Waals surface area contributed by atoms with Crippen LogP contribution in [-0.2, 0) is 0 Å². The van der Waals surface area contributed by atoms with Gasteiger partial charge in [0.2, 0.25) is 6.79 Å². The molecule has 2 aliphatic rings. The van der Waals surface area contributed by atoms with Crippen LogP contribution in [0.3, 0.4) is 0 Å². The van der Waals surface area contributed by atoms with Crippen LogP contribution in [0.1, 0.15) is 34.2 Å². The van der Waals surface area contributed by atoms with E-state index >= 15 is 0 Å². The van der Waals surface area contributed by atoms with E-state index in [2.05, 4.69) is 9.97 Å². The fourth-order valence-electron chi connectivity index (χ4n) is 3.03. The Morgan fingerprint density at radius 3 is 3.00 bits per heavy atom. The van der Waals surface area contributed by atoms with Gasteiger partial charge < -0.3 is 14.4 Å². The summed E-state index contributed by atoms with van der Waals surface area (Å²) in [6, 6.07) is 7.20. The fraction of sp³-hybridized carbons (Fsp3) is 0.353. The number of carbonyl (C=O) groups is 1. The van der Waals surface area contributed by atoms with E-state index in [1.54, 1.807) is 24.4 Å². The highest BCUT2D eigenvalue weighted by molar-refractivity contribution is 5.95. The molecule has 2 aromatic rings. The Hall–Kier alpha value is -2.63. The van der Waals surface area contributed by atoms with E-state index in [4.69, 9.17) is 9.47 Å². The molecular weight excluding hydrogens is 294 g/mol. The maximum Gasteiger partial charge on any atom is 0.254 e. The summed E-state index contributed by atoms with van der Waals surface area (Å²) in [7, 11) is 0. The zero-order chi connectivity index (χ0) is 15.8. The van der Waals surface area contributed by atoms with Gasteiger partial charge in [0.1, 0.15) is 5.82 Å². The predicted octanol–water partition coefficient (Wildman–Crippen LogP) is 2.14. The van der Waals surface area contributed by atoms with Crippen LogP contribution in [0.5, 0.6) is 11.5 Å². The number of benzene rings is 1. The first-order valence-corrected chi connectivity index (χ1v) is 7.69. The molecule has 0 radical (unpaired) electrons. The largest absolute Gasteiger partial charge is 0.454 e. The molecule has 1 amide bonds. The number of carbonyl (C=O) groups excluding carboxylic acids is 1. The van der Waals surface area contributed by atoms with E-state index in [-0.39, 0.29) is 18.6 Å². The van der Waals surface area contributed by atoms with Gasteiger partial charge in [-0.3, -0.25) is 4.79 Å². The van der Waals surface area contributed by atoms with Crippen molar-refractivity contribution in [2.24, 2.45) is 0 Å². The third-order valence-electron chi connectivity index (χ3n) is 4.27. The number of aryl methyl sites for hydroxylation is 1. The molecule has 0 bridgehead atoms. The number of hydrogen-bond donors (Lipinski definition) is 0. The summed E-state index contributed by atoms with van der Waals surface area (Å²) in [5.74, 6) is 2.36. The Labute approximate surface area is 134 Å². The van der Waals surface area contributed by atoms with Gasteiger partial charge in [-0.1, -0.05) is 0 Å². The highest BCUT2D eigenvalue weighted by atomic mass is 16.7. The van der Waals surface area contributed by atoms with Crippen LogP contribution in [0.4, 0.5) is 0 Å². The highest BCUT2D eigenvalue weighted by Crippen LogP contribution is 2.33. The maximum absolute atomic E-state index is 12.7. The molecule has 6 heteroatoms. The number of rotatable bonds is 2. The number of hydrogen-bond acceptors (Lipinski definition) is 5. The second-order valence-electron chi connectivity index (χ2n) is 5.86. The van der Waals surface area contributed by atoms with Crippen molar-refractivity contribution in [2.45, 2.75) is 19.3 Å². The third-order valence-corrected chi connectivity index (χ3v) is 4.27. The molecule has 2 aliphatic heterocycles. The Kier molecular flexibility index (Phi) is 3.37. The molecule has 1 fully saturated rings. The normalized spacial score (nSPS) is 19.2. The summed E-state index contributed by atoms with van der Waals surface area (Å²) in [6.07, 6.45) is 2.67. The smallest absolute Gasteiger partial charge is 0.254 e.